The molecule has 3 rings (SSSR count). The zero-order valence-corrected chi connectivity index (χ0v) is 14.0. The van der Waals surface area contributed by atoms with E-state index in [4.69, 9.17) is 4.74 Å². The summed E-state index contributed by atoms with van der Waals surface area (Å²) in [5, 5.41) is 12.6. The second-order valence-corrected chi connectivity index (χ2v) is 6.26. The van der Waals surface area contributed by atoms with Gasteiger partial charge < -0.3 is 15.2 Å². The minimum absolute atomic E-state index is 0.0796. The molecule has 0 atom stereocenters. The molecule has 0 saturated carbocycles. The van der Waals surface area contributed by atoms with E-state index in [2.05, 4.69) is 5.32 Å². The lowest BCUT2D eigenvalue weighted by atomic mass is 10.1. The summed E-state index contributed by atoms with van der Waals surface area (Å²) in [4.78, 5) is 13.6. The van der Waals surface area contributed by atoms with Crippen molar-refractivity contribution in [3.05, 3.63) is 65.0 Å². The van der Waals surface area contributed by atoms with Gasteiger partial charge in [-0.3, -0.25) is 8.75 Å². The van der Waals surface area contributed by atoms with E-state index >= 15 is 0 Å². The zero-order valence-electron chi connectivity index (χ0n) is 13.2. The number of nitrogens with one attached hydrogen (secondary N) is 1. The van der Waals surface area contributed by atoms with E-state index in [1.54, 1.807) is 35.3 Å². The van der Waals surface area contributed by atoms with Gasteiger partial charge in [-0.25, -0.2) is 0 Å². The highest BCUT2D eigenvalue weighted by Gasteiger charge is 2.16. The molecule has 5 nitrogen and oxygen atoms in total. The lowest BCUT2D eigenvalue weighted by Crippen LogP contribution is -2.18. The van der Waals surface area contributed by atoms with Crippen LogP contribution in [0.25, 0.3) is 10.4 Å². The van der Waals surface area contributed by atoms with Gasteiger partial charge >= 0.3 is 0 Å². The number of ether oxygens (including phenoxy) is 1. The van der Waals surface area contributed by atoms with Crippen LogP contribution in [0.4, 0.5) is 11.4 Å². The van der Waals surface area contributed by atoms with E-state index in [1.807, 2.05) is 30.3 Å². The Hall–Kier alpha value is -2.57. The van der Waals surface area contributed by atoms with Gasteiger partial charge in [0.25, 0.3) is 5.56 Å². The van der Waals surface area contributed by atoms with Crippen LogP contribution in [-0.2, 0) is 11.3 Å². The number of benzene rings is 2. The lowest BCUT2D eigenvalue weighted by Gasteiger charge is -2.06. The van der Waals surface area contributed by atoms with Crippen molar-refractivity contribution in [3.8, 4) is 16.2 Å². The smallest absolute Gasteiger partial charge is 0.285 e. The molecular weight excluding hydrogens is 324 g/mol. The summed E-state index contributed by atoms with van der Waals surface area (Å²) in [6, 6.07) is 16.4. The van der Waals surface area contributed by atoms with E-state index in [0.29, 0.717) is 18.8 Å². The van der Waals surface area contributed by atoms with Gasteiger partial charge in [-0.1, -0.05) is 41.9 Å². The largest absolute Gasteiger partial charge is 0.508 e. The molecular formula is C18H18N2O3S. The van der Waals surface area contributed by atoms with Gasteiger partial charge in [0.15, 0.2) is 0 Å². The minimum atomic E-state index is -0.0796. The molecule has 0 aliphatic heterocycles. The summed E-state index contributed by atoms with van der Waals surface area (Å²) in [5.74, 6) is 0.187. The fraction of sp³-hybridized carbons (Fsp3) is 0.167. The standard InChI is InChI=1S/C18H18N2O3S/c1-23-12-11-20-18(22)16(19-14-7-9-15(21)10-8-14)17(24-20)13-5-3-2-4-6-13/h2-10,19,21H,11-12H2,1H3. The third-order valence-electron chi connectivity index (χ3n) is 3.54. The molecule has 0 bridgehead atoms. The van der Waals surface area contributed by atoms with E-state index in [0.717, 1.165) is 16.1 Å². The highest BCUT2D eigenvalue weighted by molar-refractivity contribution is 7.10. The Bertz CT molecular complexity index is 854. The fourth-order valence-corrected chi connectivity index (χ4v) is 3.36. The fourth-order valence-electron chi connectivity index (χ4n) is 2.33. The highest BCUT2D eigenvalue weighted by atomic mass is 32.1. The molecule has 124 valence electrons. The molecule has 0 aliphatic carbocycles. The van der Waals surface area contributed by atoms with Gasteiger partial charge in [-0.05, 0) is 29.8 Å². The Morgan fingerprint density at radius 2 is 1.83 bits per heavy atom. The van der Waals surface area contributed by atoms with E-state index < -0.39 is 0 Å². The predicted octanol–water partition coefficient (Wildman–Crippen LogP) is 3.67. The summed E-state index contributed by atoms with van der Waals surface area (Å²) in [5.41, 5.74) is 2.19. The van der Waals surface area contributed by atoms with Crippen molar-refractivity contribution in [2.75, 3.05) is 19.0 Å². The van der Waals surface area contributed by atoms with Crippen molar-refractivity contribution in [3.63, 3.8) is 0 Å². The molecule has 24 heavy (non-hydrogen) atoms. The normalized spacial score (nSPS) is 10.7. The first-order valence-corrected chi connectivity index (χ1v) is 8.31. The maximum atomic E-state index is 12.7. The Kier molecular flexibility index (Phi) is 4.98. The topological polar surface area (TPSA) is 63.5 Å². The quantitative estimate of drug-likeness (QED) is 0.671. The molecule has 0 unspecified atom stereocenters. The van der Waals surface area contributed by atoms with Crippen LogP contribution in [0.2, 0.25) is 0 Å². The molecule has 6 heteroatoms. The van der Waals surface area contributed by atoms with Crippen LogP contribution < -0.4 is 10.9 Å². The van der Waals surface area contributed by atoms with Gasteiger partial charge in [0, 0.05) is 12.8 Å². The second kappa shape index (κ2) is 7.33. The first kappa shape index (κ1) is 16.3. The van der Waals surface area contributed by atoms with Crippen molar-refractivity contribution < 1.29 is 9.84 Å². The van der Waals surface area contributed by atoms with E-state index in [9.17, 15) is 9.90 Å². The van der Waals surface area contributed by atoms with Crippen molar-refractivity contribution in [2.45, 2.75) is 6.54 Å². The number of aromatic nitrogens is 1. The van der Waals surface area contributed by atoms with Gasteiger partial charge in [-0.2, -0.15) is 0 Å². The molecule has 1 aromatic heterocycles. The maximum Gasteiger partial charge on any atom is 0.285 e. The van der Waals surface area contributed by atoms with Gasteiger partial charge in [-0.15, -0.1) is 0 Å². The molecule has 1 heterocycles. The first-order chi connectivity index (χ1) is 11.7. The average Bonchev–Trinajstić information content (AvgIpc) is 2.92. The van der Waals surface area contributed by atoms with Crippen molar-refractivity contribution >= 4 is 22.9 Å². The van der Waals surface area contributed by atoms with Crippen LogP contribution in [-0.4, -0.2) is 22.8 Å². The van der Waals surface area contributed by atoms with Crippen LogP contribution >= 0.6 is 11.5 Å². The summed E-state index contributed by atoms with van der Waals surface area (Å²) < 4.78 is 6.77. The maximum absolute atomic E-state index is 12.7. The van der Waals surface area contributed by atoms with Crippen molar-refractivity contribution in [2.24, 2.45) is 0 Å². The molecule has 0 spiro atoms. The predicted molar refractivity (Wildman–Crippen MR) is 97.3 cm³/mol. The first-order valence-electron chi connectivity index (χ1n) is 7.53. The third kappa shape index (κ3) is 3.50. The van der Waals surface area contributed by atoms with Gasteiger partial charge in [0.1, 0.15) is 11.4 Å². The average molecular weight is 342 g/mol. The van der Waals surface area contributed by atoms with Crippen molar-refractivity contribution in [1.29, 1.82) is 0 Å². The SMILES string of the molecule is COCCn1sc(-c2ccccc2)c(Nc2ccc(O)cc2)c1=O. The Morgan fingerprint density at radius 3 is 2.50 bits per heavy atom. The zero-order chi connectivity index (χ0) is 16.9. The number of methoxy groups -OCH3 is 1. The van der Waals surface area contributed by atoms with Crippen LogP contribution in [0.3, 0.4) is 0 Å². The second-order valence-electron chi connectivity index (χ2n) is 5.23. The Morgan fingerprint density at radius 1 is 1.12 bits per heavy atom. The van der Waals surface area contributed by atoms with E-state index in [-0.39, 0.29) is 11.3 Å². The minimum Gasteiger partial charge on any atom is -0.508 e. The molecule has 0 fully saturated rings. The molecule has 2 N–H and O–H groups in total. The molecule has 0 radical (unpaired) electrons. The number of phenols is 1. The Balaban J connectivity index is 2.03. The number of hydrogen-bond donors (Lipinski definition) is 2. The number of phenolic OH excluding ortho intramolecular Hbond substituents is 1. The highest BCUT2D eigenvalue weighted by Crippen LogP contribution is 2.32. The number of rotatable bonds is 6. The third-order valence-corrected chi connectivity index (χ3v) is 4.73. The summed E-state index contributed by atoms with van der Waals surface area (Å²) in [6.07, 6.45) is 0. The monoisotopic (exact) mass is 342 g/mol. The van der Waals surface area contributed by atoms with Crippen LogP contribution in [0.5, 0.6) is 5.75 Å². The van der Waals surface area contributed by atoms with Crippen molar-refractivity contribution in [1.82, 2.24) is 3.96 Å². The number of hydrogen-bond acceptors (Lipinski definition) is 5. The summed E-state index contributed by atoms with van der Waals surface area (Å²) in [6.45, 7) is 0.990. The molecule has 0 aliphatic rings. The molecule has 3 aromatic rings. The molecule has 0 amide bonds. The molecule has 2 aromatic carbocycles. The Labute approximate surface area is 143 Å². The van der Waals surface area contributed by atoms with Gasteiger partial charge in [0.2, 0.25) is 0 Å². The lowest BCUT2D eigenvalue weighted by molar-refractivity contribution is 0.189. The summed E-state index contributed by atoms with van der Waals surface area (Å²) in [7, 11) is 1.62. The van der Waals surface area contributed by atoms with Crippen LogP contribution in [0.15, 0.2) is 59.4 Å². The van der Waals surface area contributed by atoms with Crippen LogP contribution in [0, 0.1) is 0 Å². The number of nitrogens with zero attached hydrogens (tertiary/aromatic N) is 1. The van der Waals surface area contributed by atoms with Crippen LogP contribution in [0.1, 0.15) is 0 Å². The van der Waals surface area contributed by atoms with Gasteiger partial charge in [0.05, 0.1) is 18.0 Å². The molecule has 0 saturated heterocycles. The summed E-state index contributed by atoms with van der Waals surface area (Å²) >= 11 is 1.41. The number of aromatic hydroxyl groups is 1. The van der Waals surface area contributed by atoms with E-state index in [1.165, 1.54) is 11.5 Å². The number of anilines is 2.